The molecular weight excluding hydrogens is 268 g/mol. The molecule has 0 aliphatic carbocycles. The second-order valence-electron chi connectivity index (χ2n) is 6.65. The van der Waals surface area contributed by atoms with Crippen molar-refractivity contribution in [3.63, 3.8) is 0 Å². The summed E-state index contributed by atoms with van der Waals surface area (Å²) in [6.45, 7) is 11.6. The van der Waals surface area contributed by atoms with Crippen LogP contribution in [0.15, 0.2) is 0 Å². The van der Waals surface area contributed by atoms with Crippen LogP contribution in [0.25, 0.3) is 0 Å². The van der Waals surface area contributed by atoms with Gasteiger partial charge in [-0.2, -0.15) is 0 Å². The van der Waals surface area contributed by atoms with Gasteiger partial charge >= 0.3 is 0 Å². The number of hydrogen-bond acceptors (Lipinski definition) is 4. The number of piperidine rings is 1. The number of thiazole rings is 1. The normalized spacial score (nSPS) is 18.6. The summed E-state index contributed by atoms with van der Waals surface area (Å²) in [6.07, 6.45) is 4.64. The van der Waals surface area contributed by atoms with Gasteiger partial charge in [0.1, 0.15) is 5.01 Å². The third-order valence-corrected chi connectivity index (χ3v) is 5.41. The predicted molar refractivity (Wildman–Crippen MR) is 85.0 cm³/mol. The Bertz CT molecular complexity index is 428. The molecule has 1 fully saturated rings. The molecule has 0 atom stereocenters. The molecule has 0 radical (unpaired) electrons. The Kier molecular flexibility index (Phi) is 5.21. The highest BCUT2D eigenvalue weighted by Gasteiger charge is 2.25. The van der Waals surface area contributed by atoms with Crippen LogP contribution in [-0.4, -0.2) is 28.1 Å². The number of hydrogen-bond donors (Lipinski definition) is 1. The van der Waals surface area contributed by atoms with Crippen LogP contribution >= 0.6 is 11.3 Å². The Hall–Kier alpha value is -0.450. The van der Waals surface area contributed by atoms with Gasteiger partial charge in [0, 0.05) is 0 Å². The topological polar surface area (TPSA) is 36.4 Å². The molecule has 0 unspecified atom stereocenters. The van der Waals surface area contributed by atoms with Crippen LogP contribution in [-0.2, 0) is 18.6 Å². The highest BCUT2D eigenvalue weighted by atomic mass is 32.1. The maximum atomic E-state index is 10.3. The van der Waals surface area contributed by atoms with E-state index < -0.39 is 5.60 Å². The highest BCUT2D eigenvalue weighted by Crippen LogP contribution is 2.31. The third-order valence-electron chi connectivity index (χ3n) is 4.02. The van der Waals surface area contributed by atoms with Crippen LogP contribution < -0.4 is 0 Å². The van der Waals surface area contributed by atoms with E-state index in [9.17, 15) is 5.11 Å². The first-order chi connectivity index (χ1) is 9.40. The summed E-state index contributed by atoms with van der Waals surface area (Å²) in [6, 6.07) is 0. The average molecular weight is 296 g/mol. The molecule has 4 heteroatoms. The number of aryl methyl sites for hydroxylation is 1. The quantitative estimate of drug-likeness (QED) is 0.902. The zero-order chi connectivity index (χ0) is 14.8. The smallest absolute Gasteiger partial charge is 0.107 e. The van der Waals surface area contributed by atoms with Crippen LogP contribution in [0.4, 0.5) is 0 Å². The van der Waals surface area contributed by atoms with Crippen molar-refractivity contribution in [2.45, 2.75) is 65.5 Å². The molecule has 1 aliphatic heterocycles. The van der Waals surface area contributed by atoms with E-state index in [-0.39, 0.29) is 0 Å². The number of aromatic nitrogens is 1. The molecule has 1 aromatic rings. The summed E-state index contributed by atoms with van der Waals surface area (Å²) >= 11 is 1.70. The monoisotopic (exact) mass is 296 g/mol. The third kappa shape index (κ3) is 4.03. The molecule has 3 nitrogen and oxygen atoms in total. The molecule has 20 heavy (non-hydrogen) atoms. The fourth-order valence-corrected chi connectivity index (χ4v) is 3.92. The molecule has 2 heterocycles. The predicted octanol–water partition coefficient (Wildman–Crippen LogP) is 3.55. The summed E-state index contributed by atoms with van der Waals surface area (Å²) in [5.41, 5.74) is 0.335. The second kappa shape index (κ2) is 6.54. The van der Waals surface area contributed by atoms with Gasteiger partial charge in [0.25, 0.3) is 0 Å². The van der Waals surface area contributed by atoms with Crippen molar-refractivity contribution in [1.82, 2.24) is 9.88 Å². The number of nitrogens with zero attached hydrogens (tertiary/aromatic N) is 2. The van der Waals surface area contributed by atoms with Crippen molar-refractivity contribution < 1.29 is 5.11 Å². The SMILES string of the molecule is CCCc1nc(CN2CCC(C)CC2)sc1C(C)(C)O. The summed E-state index contributed by atoms with van der Waals surface area (Å²) in [5, 5.41) is 11.5. The molecular formula is C16H28N2OS. The highest BCUT2D eigenvalue weighted by molar-refractivity contribution is 7.11. The fraction of sp³-hybridized carbons (Fsp3) is 0.812. The lowest BCUT2D eigenvalue weighted by molar-refractivity contribution is 0.0813. The number of rotatable bonds is 5. The van der Waals surface area contributed by atoms with Crippen molar-refractivity contribution >= 4 is 11.3 Å². The van der Waals surface area contributed by atoms with Crippen molar-refractivity contribution in [3.05, 3.63) is 15.6 Å². The molecule has 0 aromatic carbocycles. The molecule has 1 aliphatic rings. The van der Waals surface area contributed by atoms with Crippen LogP contribution in [0.2, 0.25) is 0 Å². The van der Waals surface area contributed by atoms with Gasteiger partial charge in [-0.15, -0.1) is 11.3 Å². The fourth-order valence-electron chi connectivity index (χ4n) is 2.76. The van der Waals surface area contributed by atoms with Crippen LogP contribution in [0.5, 0.6) is 0 Å². The first kappa shape index (κ1) is 15.9. The second-order valence-corrected chi connectivity index (χ2v) is 7.73. The van der Waals surface area contributed by atoms with Crippen LogP contribution in [0.3, 0.4) is 0 Å². The molecule has 1 aromatic heterocycles. The molecule has 1 saturated heterocycles. The molecule has 114 valence electrons. The van der Waals surface area contributed by atoms with E-state index in [1.165, 1.54) is 30.9 Å². The number of likely N-dealkylation sites (tertiary alicyclic amines) is 1. The summed E-state index contributed by atoms with van der Waals surface area (Å²) in [5.74, 6) is 0.866. The van der Waals surface area contributed by atoms with E-state index in [0.717, 1.165) is 35.9 Å². The Balaban J connectivity index is 2.08. The van der Waals surface area contributed by atoms with Crippen LogP contribution in [0.1, 0.15) is 62.5 Å². The summed E-state index contributed by atoms with van der Waals surface area (Å²) in [7, 11) is 0. The van der Waals surface area contributed by atoms with Crippen LogP contribution in [0, 0.1) is 5.92 Å². The zero-order valence-electron chi connectivity index (χ0n) is 13.3. The molecule has 1 N–H and O–H groups in total. The molecule has 0 saturated carbocycles. The van der Waals surface area contributed by atoms with E-state index >= 15 is 0 Å². The Labute approximate surface area is 127 Å². The van der Waals surface area contributed by atoms with Crippen molar-refractivity contribution in [2.24, 2.45) is 5.92 Å². The van der Waals surface area contributed by atoms with Crippen molar-refractivity contribution in [2.75, 3.05) is 13.1 Å². The number of aliphatic hydroxyl groups is 1. The average Bonchev–Trinajstić information content (AvgIpc) is 2.75. The van der Waals surface area contributed by atoms with Gasteiger partial charge < -0.3 is 5.11 Å². The summed E-state index contributed by atoms with van der Waals surface area (Å²) < 4.78 is 0. The Morgan fingerprint density at radius 2 is 2.00 bits per heavy atom. The van der Waals surface area contributed by atoms with E-state index in [1.54, 1.807) is 11.3 Å². The Morgan fingerprint density at radius 3 is 2.55 bits per heavy atom. The van der Waals surface area contributed by atoms with E-state index in [1.807, 2.05) is 13.8 Å². The van der Waals surface area contributed by atoms with Gasteiger partial charge in [0.15, 0.2) is 0 Å². The molecule has 0 bridgehead atoms. The molecule has 0 amide bonds. The van der Waals surface area contributed by atoms with Crippen molar-refractivity contribution in [1.29, 1.82) is 0 Å². The van der Waals surface area contributed by atoms with Gasteiger partial charge in [-0.05, 0) is 52.1 Å². The van der Waals surface area contributed by atoms with Crippen molar-refractivity contribution in [3.8, 4) is 0 Å². The largest absolute Gasteiger partial charge is 0.385 e. The minimum absolute atomic E-state index is 0.767. The maximum Gasteiger partial charge on any atom is 0.107 e. The van der Waals surface area contributed by atoms with Gasteiger partial charge in [-0.1, -0.05) is 20.3 Å². The van der Waals surface area contributed by atoms with E-state index in [4.69, 9.17) is 4.98 Å². The van der Waals surface area contributed by atoms with Gasteiger partial charge in [0.2, 0.25) is 0 Å². The lowest BCUT2D eigenvalue weighted by Crippen LogP contribution is -2.32. The standard InChI is InChI=1S/C16H28N2OS/c1-5-6-13-15(16(3,4)19)20-14(17-13)11-18-9-7-12(2)8-10-18/h12,19H,5-11H2,1-4H3. The summed E-state index contributed by atoms with van der Waals surface area (Å²) in [4.78, 5) is 8.35. The Morgan fingerprint density at radius 1 is 1.35 bits per heavy atom. The molecule has 0 spiro atoms. The minimum atomic E-state index is -0.767. The van der Waals surface area contributed by atoms with E-state index in [2.05, 4.69) is 18.7 Å². The lowest BCUT2D eigenvalue weighted by Gasteiger charge is -2.29. The first-order valence-corrected chi connectivity index (χ1v) is 8.65. The van der Waals surface area contributed by atoms with Gasteiger partial charge in [-0.3, -0.25) is 4.90 Å². The molecule has 2 rings (SSSR count). The lowest BCUT2D eigenvalue weighted by atomic mass is 9.99. The van der Waals surface area contributed by atoms with E-state index in [0.29, 0.717) is 0 Å². The maximum absolute atomic E-state index is 10.3. The van der Waals surface area contributed by atoms with Gasteiger partial charge in [0.05, 0.1) is 22.7 Å². The van der Waals surface area contributed by atoms with Gasteiger partial charge in [-0.25, -0.2) is 4.98 Å². The first-order valence-electron chi connectivity index (χ1n) is 7.84. The minimum Gasteiger partial charge on any atom is -0.385 e. The zero-order valence-corrected chi connectivity index (χ0v) is 14.1.